The van der Waals surface area contributed by atoms with Crippen molar-refractivity contribution in [2.24, 2.45) is 0 Å². The first-order valence-electron chi connectivity index (χ1n) is 8.17. The summed E-state index contributed by atoms with van der Waals surface area (Å²) in [6.07, 6.45) is 4.81. The van der Waals surface area contributed by atoms with Crippen molar-refractivity contribution in [1.29, 1.82) is 0 Å². The van der Waals surface area contributed by atoms with E-state index in [1.54, 1.807) is 13.2 Å². The quantitative estimate of drug-likeness (QED) is 0.317. The molecule has 0 aliphatic heterocycles. The predicted octanol–water partition coefficient (Wildman–Crippen LogP) is 5.87. The Balaban J connectivity index is 1.81. The van der Waals surface area contributed by atoms with Crippen LogP contribution in [0.4, 0.5) is 0 Å². The maximum atomic E-state index is 11.6. The number of ether oxygens (including phenoxy) is 1. The molecule has 3 nitrogen and oxygen atoms in total. The minimum Gasteiger partial charge on any atom is -0.496 e. The van der Waals surface area contributed by atoms with Crippen LogP contribution in [0.5, 0.6) is 0 Å². The third kappa shape index (κ3) is 7.33. The molecule has 0 bridgehead atoms. The lowest BCUT2D eigenvalue weighted by Crippen LogP contribution is -1.90. The summed E-state index contributed by atoms with van der Waals surface area (Å²) in [6, 6.07) is 15.3. The van der Waals surface area contributed by atoms with Gasteiger partial charge < -0.3 is 4.74 Å². The van der Waals surface area contributed by atoms with E-state index in [1.807, 2.05) is 54.6 Å². The molecule has 0 amide bonds. The monoisotopic (exact) mass is 396 g/mol. The second-order valence-corrected chi connectivity index (χ2v) is 7.75. The standard InChI is InChI=1S/C22H20O3S2/c1-4-21(23)26-19-11-7-18(8-12-19)15-25-14-13-17-5-9-20(10-6-17)27-22(24)16(2)3/h4-14H,1-2,15H2,3H3. The van der Waals surface area contributed by atoms with Gasteiger partial charge in [0.2, 0.25) is 10.2 Å². The lowest BCUT2D eigenvalue weighted by molar-refractivity contribution is -0.108. The zero-order valence-electron chi connectivity index (χ0n) is 15.0. The number of hydrogen-bond donors (Lipinski definition) is 0. The maximum Gasteiger partial charge on any atom is 0.219 e. The number of hydrogen-bond acceptors (Lipinski definition) is 5. The Kier molecular flexibility index (Phi) is 8.17. The Labute approximate surface area is 168 Å². The summed E-state index contributed by atoms with van der Waals surface area (Å²) in [6.45, 7) is 9.25. The van der Waals surface area contributed by atoms with E-state index < -0.39 is 0 Å². The van der Waals surface area contributed by atoms with E-state index in [0.717, 1.165) is 32.7 Å². The summed E-state index contributed by atoms with van der Waals surface area (Å²) in [7, 11) is 0. The molecule has 2 aromatic rings. The van der Waals surface area contributed by atoms with Gasteiger partial charge in [-0.2, -0.15) is 0 Å². The van der Waals surface area contributed by atoms with Crippen molar-refractivity contribution in [3.63, 3.8) is 0 Å². The minimum atomic E-state index is -0.0738. The molecule has 0 aliphatic carbocycles. The molecule has 0 atom stereocenters. The van der Waals surface area contributed by atoms with Crippen LogP contribution in [0.2, 0.25) is 0 Å². The van der Waals surface area contributed by atoms with Gasteiger partial charge in [0.15, 0.2) is 0 Å². The highest BCUT2D eigenvalue weighted by Gasteiger charge is 2.04. The van der Waals surface area contributed by atoms with Crippen LogP contribution >= 0.6 is 23.5 Å². The number of rotatable bonds is 8. The maximum absolute atomic E-state index is 11.6. The molecule has 2 aromatic carbocycles. The fraction of sp³-hybridized carbons (Fsp3) is 0.0909. The largest absolute Gasteiger partial charge is 0.496 e. The topological polar surface area (TPSA) is 43.4 Å². The minimum absolute atomic E-state index is 0.0279. The predicted molar refractivity (Wildman–Crippen MR) is 113 cm³/mol. The van der Waals surface area contributed by atoms with Gasteiger partial charge in [-0.3, -0.25) is 9.59 Å². The van der Waals surface area contributed by atoms with Crippen LogP contribution in [-0.4, -0.2) is 10.2 Å². The van der Waals surface area contributed by atoms with E-state index in [0.29, 0.717) is 12.2 Å². The summed E-state index contributed by atoms with van der Waals surface area (Å²) in [5.74, 6) is 0. The second-order valence-electron chi connectivity index (χ2n) is 5.62. The fourth-order valence-corrected chi connectivity index (χ4v) is 3.17. The highest BCUT2D eigenvalue weighted by atomic mass is 32.2. The SMILES string of the molecule is C=CC(=O)Sc1ccc(COC=Cc2ccc(SC(=O)C(=C)C)cc2)cc1. The molecule has 5 heteroatoms. The smallest absolute Gasteiger partial charge is 0.219 e. The van der Waals surface area contributed by atoms with E-state index in [9.17, 15) is 9.59 Å². The van der Waals surface area contributed by atoms with Crippen molar-refractivity contribution in [3.8, 4) is 0 Å². The van der Waals surface area contributed by atoms with Gasteiger partial charge in [-0.15, -0.1) is 0 Å². The lowest BCUT2D eigenvalue weighted by atomic mass is 10.2. The summed E-state index contributed by atoms with van der Waals surface area (Å²) in [5, 5.41) is -0.102. The van der Waals surface area contributed by atoms with E-state index in [1.165, 1.54) is 17.8 Å². The molecule has 138 valence electrons. The van der Waals surface area contributed by atoms with Crippen LogP contribution in [0.1, 0.15) is 18.1 Å². The van der Waals surface area contributed by atoms with Crippen molar-refractivity contribution in [2.75, 3.05) is 0 Å². The summed E-state index contributed by atoms with van der Waals surface area (Å²) in [5.41, 5.74) is 2.54. The van der Waals surface area contributed by atoms with Crippen molar-refractivity contribution in [1.82, 2.24) is 0 Å². The van der Waals surface area contributed by atoms with Gasteiger partial charge >= 0.3 is 0 Å². The van der Waals surface area contributed by atoms with Crippen molar-refractivity contribution >= 4 is 39.8 Å². The Morgan fingerprint density at radius 2 is 1.59 bits per heavy atom. The lowest BCUT2D eigenvalue weighted by Gasteiger charge is -2.03. The summed E-state index contributed by atoms with van der Waals surface area (Å²) in [4.78, 5) is 24.7. The number of benzene rings is 2. The zero-order chi connectivity index (χ0) is 19.6. The van der Waals surface area contributed by atoms with E-state index in [-0.39, 0.29) is 10.2 Å². The number of carbonyl (C=O) groups is 2. The average Bonchev–Trinajstić information content (AvgIpc) is 2.67. The van der Waals surface area contributed by atoms with Crippen LogP contribution in [0.15, 0.2) is 89.4 Å². The van der Waals surface area contributed by atoms with Gasteiger partial charge in [-0.05, 0) is 83.6 Å². The molecular weight excluding hydrogens is 376 g/mol. The van der Waals surface area contributed by atoms with Crippen molar-refractivity contribution < 1.29 is 14.3 Å². The Morgan fingerprint density at radius 1 is 1.00 bits per heavy atom. The highest BCUT2D eigenvalue weighted by Crippen LogP contribution is 2.22. The third-order valence-corrected chi connectivity index (χ3v) is 5.27. The van der Waals surface area contributed by atoms with Crippen LogP contribution in [0.25, 0.3) is 6.08 Å². The highest BCUT2D eigenvalue weighted by molar-refractivity contribution is 8.14. The number of carbonyl (C=O) groups excluding carboxylic acids is 2. The van der Waals surface area contributed by atoms with Crippen LogP contribution in [0, 0.1) is 0 Å². The molecule has 0 N–H and O–H groups in total. The molecule has 0 spiro atoms. The molecule has 0 unspecified atom stereocenters. The third-order valence-electron chi connectivity index (χ3n) is 3.35. The summed E-state index contributed by atoms with van der Waals surface area (Å²) < 4.78 is 5.55. The van der Waals surface area contributed by atoms with Crippen LogP contribution in [-0.2, 0) is 20.9 Å². The van der Waals surface area contributed by atoms with Gasteiger partial charge in [0.05, 0.1) is 6.26 Å². The molecule has 0 aromatic heterocycles. The Hall–Kier alpha value is -2.50. The van der Waals surface area contributed by atoms with E-state index >= 15 is 0 Å². The zero-order valence-corrected chi connectivity index (χ0v) is 16.6. The first kappa shape index (κ1) is 20.8. The van der Waals surface area contributed by atoms with Gasteiger partial charge in [-0.1, -0.05) is 37.4 Å². The van der Waals surface area contributed by atoms with E-state index in [2.05, 4.69) is 13.2 Å². The van der Waals surface area contributed by atoms with Crippen molar-refractivity contribution in [2.45, 2.75) is 23.3 Å². The molecule has 0 saturated carbocycles. The first-order chi connectivity index (χ1) is 13.0. The molecule has 0 heterocycles. The van der Waals surface area contributed by atoms with Crippen LogP contribution < -0.4 is 0 Å². The van der Waals surface area contributed by atoms with Crippen molar-refractivity contribution in [3.05, 3.63) is 90.7 Å². The number of thioether (sulfide) groups is 2. The van der Waals surface area contributed by atoms with Gasteiger partial charge in [0, 0.05) is 9.79 Å². The normalized spacial score (nSPS) is 10.6. The molecule has 0 fully saturated rings. The molecule has 2 rings (SSSR count). The average molecular weight is 397 g/mol. The van der Waals surface area contributed by atoms with E-state index in [4.69, 9.17) is 4.74 Å². The fourth-order valence-electron chi connectivity index (χ4n) is 1.92. The Bertz CT molecular complexity index is 850. The first-order valence-corrected chi connectivity index (χ1v) is 9.80. The molecule has 0 saturated heterocycles. The molecule has 0 aliphatic rings. The van der Waals surface area contributed by atoms with Gasteiger partial charge in [0.1, 0.15) is 6.61 Å². The molecule has 27 heavy (non-hydrogen) atoms. The second kappa shape index (κ2) is 10.6. The van der Waals surface area contributed by atoms with Crippen LogP contribution in [0.3, 0.4) is 0 Å². The molecule has 0 radical (unpaired) electrons. The van der Waals surface area contributed by atoms with Gasteiger partial charge in [-0.25, -0.2) is 0 Å². The van der Waals surface area contributed by atoms with Gasteiger partial charge in [0.25, 0.3) is 0 Å². The molecular formula is C22H20O3S2. The summed E-state index contributed by atoms with van der Waals surface area (Å²) >= 11 is 2.31. The Morgan fingerprint density at radius 3 is 2.19 bits per heavy atom.